The van der Waals surface area contributed by atoms with E-state index < -0.39 is 0 Å². The number of carbonyl (C=O) groups is 1. The largest absolute Gasteiger partial charge is 0.338 e. The topological polar surface area (TPSA) is 44.1 Å². The Labute approximate surface area is 115 Å². The molecule has 1 aromatic rings. The molecule has 0 aliphatic carbocycles. The van der Waals surface area contributed by atoms with Gasteiger partial charge in [0.05, 0.1) is 0 Å². The van der Waals surface area contributed by atoms with E-state index in [0.717, 1.165) is 36.0 Å². The number of hydrogen-bond acceptors (Lipinski definition) is 2. The molecular weight excluding hydrogens is 292 g/mol. The van der Waals surface area contributed by atoms with Crippen LogP contribution in [0.4, 0.5) is 0 Å². The lowest BCUT2D eigenvalue weighted by Gasteiger charge is -2.14. The van der Waals surface area contributed by atoms with E-state index in [9.17, 15) is 4.79 Å². The number of benzene rings is 1. The Morgan fingerprint density at radius 2 is 2.00 bits per heavy atom. The van der Waals surface area contributed by atoms with Crippen molar-refractivity contribution in [2.45, 2.75) is 12.8 Å². The molecule has 0 radical (unpaired) electrons. The van der Waals surface area contributed by atoms with Gasteiger partial charge in [0.15, 0.2) is 0 Å². The van der Waals surface area contributed by atoms with E-state index in [2.05, 4.69) is 15.9 Å². The van der Waals surface area contributed by atoms with Crippen molar-refractivity contribution < 1.29 is 4.79 Å². The zero-order chi connectivity index (χ0) is 13.0. The van der Waals surface area contributed by atoms with Gasteiger partial charge in [0.25, 0.3) is 5.91 Å². The van der Waals surface area contributed by atoms with Crippen LogP contribution in [-0.2, 0) is 4.79 Å². The fourth-order valence-electron chi connectivity index (χ4n) is 1.98. The molecule has 2 rings (SSSR count). The molecule has 0 unspecified atom stereocenters. The van der Waals surface area contributed by atoms with Crippen LogP contribution in [0.25, 0.3) is 6.08 Å². The molecule has 0 spiro atoms. The molecular formula is C14H13BrN2O. The highest BCUT2D eigenvalue weighted by Crippen LogP contribution is 2.20. The Bertz CT molecular complexity index is 525. The third-order valence-corrected chi connectivity index (χ3v) is 3.67. The minimum atomic E-state index is -0.161. The predicted octanol–water partition coefficient (Wildman–Crippen LogP) is 2.98. The number of amides is 1. The maximum Gasteiger partial charge on any atom is 0.264 e. The number of likely N-dealkylation sites (tertiary alicyclic amines) is 1. The van der Waals surface area contributed by atoms with E-state index in [1.807, 2.05) is 30.3 Å². The van der Waals surface area contributed by atoms with Crippen LogP contribution in [0.2, 0.25) is 0 Å². The van der Waals surface area contributed by atoms with E-state index in [0.29, 0.717) is 0 Å². The highest BCUT2D eigenvalue weighted by atomic mass is 79.9. The molecule has 18 heavy (non-hydrogen) atoms. The summed E-state index contributed by atoms with van der Waals surface area (Å²) in [6, 6.07) is 9.55. The molecule has 1 aromatic carbocycles. The summed E-state index contributed by atoms with van der Waals surface area (Å²) >= 11 is 3.41. The third-order valence-electron chi connectivity index (χ3n) is 2.95. The lowest BCUT2D eigenvalue weighted by atomic mass is 10.1. The average molecular weight is 305 g/mol. The number of carbonyl (C=O) groups excluding carboxylic acids is 1. The molecule has 1 saturated heterocycles. The first-order valence-corrected chi connectivity index (χ1v) is 6.67. The zero-order valence-corrected chi connectivity index (χ0v) is 11.5. The second-order valence-electron chi connectivity index (χ2n) is 4.19. The Morgan fingerprint density at radius 1 is 1.33 bits per heavy atom. The standard InChI is InChI=1S/C14H13BrN2O/c15-13-6-2-1-5-11(13)9-12(10-16)14(18)17-7-3-4-8-17/h1-2,5-6,9H,3-4,7-8H2/b12-9-. The van der Waals surface area contributed by atoms with Crippen molar-refractivity contribution in [2.24, 2.45) is 0 Å². The van der Waals surface area contributed by atoms with Crippen LogP contribution < -0.4 is 0 Å². The van der Waals surface area contributed by atoms with Crippen molar-refractivity contribution in [2.75, 3.05) is 13.1 Å². The summed E-state index contributed by atoms with van der Waals surface area (Å²) in [5.41, 5.74) is 1.05. The van der Waals surface area contributed by atoms with E-state index >= 15 is 0 Å². The summed E-state index contributed by atoms with van der Waals surface area (Å²) in [4.78, 5) is 13.9. The number of hydrogen-bond donors (Lipinski definition) is 0. The summed E-state index contributed by atoms with van der Waals surface area (Å²) in [5.74, 6) is -0.161. The van der Waals surface area contributed by atoms with Crippen LogP contribution >= 0.6 is 15.9 Å². The molecule has 0 N–H and O–H groups in total. The van der Waals surface area contributed by atoms with Gasteiger partial charge >= 0.3 is 0 Å². The first kappa shape index (κ1) is 12.8. The number of nitrogens with zero attached hydrogens (tertiary/aromatic N) is 2. The van der Waals surface area contributed by atoms with Gasteiger partial charge in [0.1, 0.15) is 11.6 Å². The number of rotatable bonds is 2. The van der Waals surface area contributed by atoms with Crippen molar-refractivity contribution >= 4 is 27.9 Å². The van der Waals surface area contributed by atoms with Crippen LogP contribution in [0.3, 0.4) is 0 Å². The molecule has 92 valence electrons. The van der Waals surface area contributed by atoms with Crippen molar-refractivity contribution in [1.82, 2.24) is 4.90 Å². The molecule has 0 bridgehead atoms. The molecule has 0 aromatic heterocycles. The van der Waals surface area contributed by atoms with Crippen molar-refractivity contribution in [1.29, 1.82) is 5.26 Å². The second kappa shape index (κ2) is 5.83. The smallest absolute Gasteiger partial charge is 0.264 e. The summed E-state index contributed by atoms with van der Waals surface area (Å²) < 4.78 is 0.881. The fourth-order valence-corrected chi connectivity index (χ4v) is 2.38. The van der Waals surface area contributed by atoms with E-state index in [-0.39, 0.29) is 11.5 Å². The lowest BCUT2D eigenvalue weighted by molar-refractivity contribution is -0.125. The Hall–Kier alpha value is -1.60. The molecule has 0 saturated carbocycles. The van der Waals surface area contributed by atoms with Crippen LogP contribution in [0.15, 0.2) is 34.3 Å². The van der Waals surface area contributed by atoms with Crippen LogP contribution in [0, 0.1) is 11.3 Å². The van der Waals surface area contributed by atoms with Crippen molar-refractivity contribution in [3.63, 3.8) is 0 Å². The van der Waals surface area contributed by atoms with E-state index in [1.165, 1.54) is 0 Å². The SMILES string of the molecule is N#C/C(=C/c1ccccc1Br)C(=O)N1CCCC1. The van der Waals surface area contributed by atoms with Crippen LogP contribution in [-0.4, -0.2) is 23.9 Å². The van der Waals surface area contributed by atoms with E-state index in [1.54, 1.807) is 11.0 Å². The first-order chi connectivity index (χ1) is 8.72. The maximum atomic E-state index is 12.1. The number of nitriles is 1. The molecule has 3 nitrogen and oxygen atoms in total. The molecule has 1 heterocycles. The van der Waals surface area contributed by atoms with Gasteiger partial charge in [-0.2, -0.15) is 5.26 Å². The molecule has 4 heteroatoms. The average Bonchev–Trinajstić information content (AvgIpc) is 2.91. The van der Waals surface area contributed by atoms with Gasteiger partial charge in [-0.3, -0.25) is 4.79 Å². The molecule has 1 amide bonds. The second-order valence-corrected chi connectivity index (χ2v) is 5.04. The van der Waals surface area contributed by atoms with Gasteiger partial charge in [-0.25, -0.2) is 0 Å². The Balaban J connectivity index is 2.26. The quantitative estimate of drug-likeness (QED) is 0.623. The van der Waals surface area contributed by atoms with Crippen LogP contribution in [0.1, 0.15) is 18.4 Å². The summed E-state index contributed by atoms with van der Waals surface area (Å²) in [6.45, 7) is 1.52. The minimum Gasteiger partial charge on any atom is -0.338 e. The summed E-state index contributed by atoms with van der Waals surface area (Å²) in [6.07, 6.45) is 3.70. The number of halogens is 1. The first-order valence-electron chi connectivity index (χ1n) is 5.88. The monoisotopic (exact) mass is 304 g/mol. The van der Waals surface area contributed by atoms with Crippen LogP contribution in [0.5, 0.6) is 0 Å². The van der Waals surface area contributed by atoms with E-state index in [4.69, 9.17) is 5.26 Å². The molecule has 0 atom stereocenters. The fraction of sp³-hybridized carbons (Fsp3) is 0.286. The minimum absolute atomic E-state index is 0.161. The highest BCUT2D eigenvalue weighted by Gasteiger charge is 2.21. The normalized spacial score (nSPS) is 15.6. The van der Waals surface area contributed by atoms with Crippen molar-refractivity contribution in [3.05, 3.63) is 39.9 Å². The lowest BCUT2D eigenvalue weighted by Crippen LogP contribution is -2.28. The van der Waals surface area contributed by atoms with Gasteiger partial charge in [-0.05, 0) is 30.5 Å². The summed E-state index contributed by atoms with van der Waals surface area (Å²) in [7, 11) is 0. The van der Waals surface area contributed by atoms with Gasteiger partial charge in [-0.15, -0.1) is 0 Å². The van der Waals surface area contributed by atoms with Gasteiger partial charge in [0, 0.05) is 17.6 Å². The Kier molecular flexibility index (Phi) is 4.16. The highest BCUT2D eigenvalue weighted by molar-refractivity contribution is 9.10. The molecule has 1 aliphatic rings. The Morgan fingerprint density at radius 3 is 2.61 bits per heavy atom. The third kappa shape index (κ3) is 2.80. The molecule has 1 fully saturated rings. The predicted molar refractivity (Wildman–Crippen MR) is 73.5 cm³/mol. The molecule has 1 aliphatic heterocycles. The van der Waals surface area contributed by atoms with Gasteiger partial charge in [0.2, 0.25) is 0 Å². The van der Waals surface area contributed by atoms with Gasteiger partial charge < -0.3 is 4.90 Å². The maximum absolute atomic E-state index is 12.1. The summed E-state index contributed by atoms with van der Waals surface area (Å²) in [5, 5.41) is 9.13. The van der Waals surface area contributed by atoms with Gasteiger partial charge in [-0.1, -0.05) is 34.1 Å². The van der Waals surface area contributed by atoms with Crippen molar-refractivity contribution in [3.8, 4) is 6.07 Å². The zero-order valence-electron chi connectivity index (χ0n) is 9.90.